The monoisotopic (exact) mass is 991 g/mol. The fourth-order valence-electron chi connectivity index (χ4n) is 8.23. The number of unbranched alkanes of at least 4 members (excludes halogenated alkanes) is 30. The molecule has 1 amide bonds. The maximum Gasteiger partial charge on any atom is 0.306 e. The zero-order chi connectivity index (χ0) is 50.8. The van der Waals surface area contributed by atoms with Gasteiger partial charge in [0, 0.05) is 12.8 Å². The number of carbonyl (C=O) groups is 2. The first-order chi connectivity index (χ1) is 33.4. The molecular weight excluding hydrogens is 880 g/mol. The molecule has 0 aromatic heterocycles. The van der Waals surface area contributed by atoms with E-state index in [1.165, 1.54) is 148 Å². The number of hydrogen-bond donors (Lipinski definition) is 1. The number of likely N-dealkylation sites (N-methyl/N-ethyl adjacent to an activating group) is 1. The highest BCUT2D eigenvalue weighted by Gasteiger charge is 2.27. The molecule has 0 heterocycles. The molecule has 3 unspecified atom stereocenters. The molecule has 1 N–H and O–H groups in total. The molecule has 0 aliphatic heterocycles. The largest absolute Gasteiger partial charge is 0.756 e. The number of amides is 1. The highest BCUT2D eigenvalue weighted by Crippen LogP contribution is 2.38. The molecule has 0 radical (unpaired) electrons. The number of rotatable bonds is 52. The van der Waals surface area contributed by atoms with Crippen molar-refractivity contribution >= 4 is 19.7 Å². The van der Waals surface area contributed by atoms with Crippen molar-refractivity contribution in [1.82, 2.24) is 5.32 Å². The third-order valence-electron chi connectivity index (χ3n) is 12.8. The summed E-state index contributed by atoms with van der Waals surface area (Å²) in [6, 6.07) is -0.889. The topological polar surface area (TPSA) is 114 Å². The van der Waals surface area contributed by atoms with Crippen LogP contribution in [0.5, 0.6) is 0 Å². The zero-order valence-corrected chi connectivity index (χ0v) is 46.9. The van der Waals surface area contributed by atoms with Crippen molar-refractivity contribution in [3.8, 4) is 0 Å². The van der Waals surface area contributed by atoms with Crippen LogP contribution in [0.25, 0.3) is 0 Å². The molecular formula is C59H111N2O7P. The van der Waals surface area contributed by atoms with Gasteiger partial charge in [0.1, 0.15) is 19.3 Å². The average Bonchev–Trinajstić information content (AvgIpc) is 3.31. The van der Waals surface area contributed by atoms with E-state index < -0.39 is 26.6 Å². The predicted octanol–water partition coefficient (Wildman–Crippen LogP) is 16.7. The van der Waals surface area contributed by atoms with Gasteiger partial charge in [-0.15, -0.1) is 0 Å². The first kappa shape index (κ1) is 67.0. The van der Waals surface area contributed by atoms with E-state index in [0.717, 1.165) is 83.5 Å². The molecule has 10 heteroatoms. The molecule has 0 bridgehead atoms. The van der Waals surface area contributed by atoms with Crippen LogP contribution in [0, 0.1) is 0 Å². The summed E-state index contributed by atoms with van der Waals surface area (Å²) < 4.78 is 30.2. The second kappa shape index (κ2) is 49.5. The molecule has 0 spiro atoms. The Bertz CT molecular complexity index is 1330. The highest BCUT2D eigenvalue weighted by molar-refractivity contribution is 7.45. The molecule has 0 aliphatic carbocycles. The average molecular weight is 992 g/mol. The van der Waals surface area contributed by atoms with Gasteiger partial charge in [0.25, 0.3) is 7.82 Å². The lowest BCUT2D eigenvalue weighted by atomic mass is 10.0. The summed E-state index contributed by atoms with van der Waals surface area (Å²) in [5.41, 5.74) is 0. The Morgan fingerprint density at radius 2 is 0.884 bits per heavy atom. The predicted molar refractivity (Wildman–Crippen MR) is 293 cm³/mol. The SMILES string of the molecule is CCCCC/C=C\C/C=C\C/C=C\CCCCCCCCC(=O)OC(/C=C/CCCCCCCCCCC)C(COP(=O)([O-])OCC[N+](C)(C)C)NC(=O)CCCCCCCCCCCCCCC. The van der Waals surface area contributed by atoms with Crippen molar-refractivity contribution in [1.29, 1.82) is 0 Å². The third kappa shape index (κ3) is 50.7. The Labute approximate surface area is 427 Å². The van der Waals surface area contributed by atoms with Crippen LogP contribution < -0.4 is 10.2 Å². The number of nitrogens with zero attached hydrogens (tertiary/aromatic N) is 1. The molecule has 0 aliphatic rings. The van der Waals surface area contributed by atoms with E-state index in [0.29, 0.717) is 17.4 Å². The molecule has 9 nitrogen and oxygen atoms in total. The third-order valence-corrected chi connectivity index (χ3v) is 13.7. The van der Waals surface area contributed by atoms with Crippen LogP contribution in [0.1, 0.15) is 265 Å². The maximum atomic E-state index is 13.5. The summed E-state index contributed by atoms with van der Waals surface area (Å²) in [7, 11) is 1.18. The molecule has 0 saturated carbocycles. The number of ether oxygens (including phenoxy) is 1. The Kier molecular flexibility index (Phi) is 48.1. The standard InChI is InChI=1S/C59H111N2O7P/c1-7-10-13-16-19-22-25-27-28-29-30-31-32-34-37-40-43-46-49-52-59(63)68-57(50-47-44-41-38-35-24-21-18-15-12-9-3)56(55-67-69(64,65)66-54-53-61(4,5)6)60-58(62)51-48-45-42-39-36-33-26-23-20-17-14-11-8-2/h19,22,27-28,30-31,47,50,56-57H,7-18,20-21,23-26,29,32-46,48-49,51-55H2,1-6H3,(H-,60,62,64,65)/b22-19-,28-27-,31-30-,50-47+. The van der Waals surface area contributed by atoms with Crippen LogP contribution in [0.4, 0.5) is 0 Å². The minimum atomic E-state index is -4.69. The van der Waals surface area contributed by atoms with E-state index in [-0.39, 0.29) is 24.9 Å². The molecule has 69 heavy (non-hydrogen) atoms. The Hall–Kier alpha value is -2.03. The lowest BCUT2D eigenvalue weighted by Gasteiger charge is -2.30. The van der Waals surface area contributed by atoms with Gasteiger partial charge in [-0.2, -0.15) is 0 Å². The van der Waals surface area contributed by atoms with Gasteiger partial charge >= 0.3 is 5.97 Å². The minimum Gasteiger partial charge on any atom is -0.756 e. The van der Waals surface area contributed by atoms with Crippen molar-refractivity contribution in [2.45, 2.75) is 277 Å². The van der Waals surface area contributed by atoms with E-state index in [2.05, 4.69) is 62.5 Å². The number of nitrogens with one attached hydrogen (secondary N) is 1. The van der Waals surface area contributed by atoms with Crippen LogP contribution >= 0.6 is 7.82 Å². The van der Waals surface area contributed by atoms with Gasteiger partial charge in [0.05, 0.1) is 33.8 Å². The van der Waals surface area contributed by atoms with E-state index >= 15 is 0 Å². The number of carbonyl (C=O) groups excluding carboxylic acids is 2. The van der Waals surface area contributed by atoms with Crippen molar-refractivity contribution in [2.24, 2.45) is 0 Å². The summed E-state index contributed by atoms with van der Waals surface area (Å²) in [6.45, 7) is 6.81. The van der Waals surface area contributed by atoms with Crippen LogP contribution in [0.15, 0.2) is 48.6 Å². The fraction of sp³-hybridized carbons (Fsp3) is 0.831. The Balaban J connectivity index is 5.30. The van der Waals surface area contributed by atoms with Gasteiger partial charge in [-0.1, -0.05) is 230 Å². The van der Waals surface area contributed by atoms with E-state index in [4.69, 9.17) is 13.8 Å². The molecule has 0 aromatic carbocycles. The number of hydrogen-bond acceptors (Lipinski definition) is 7. The van der Waals surface area contributed by atoms with E-state index in [1.807, 2.05) is 33.3 Å². The molecule has 0 fully saturated rings. The fourth-order valence-corrected chi connectivity index (χ4v) is 8.96. The van der Waals surface area contributed by atoms with Crippen LogP contribution in [-0.4, -0.2) is 69.4 Å². The normalized spacial score (nSPS) is 14.1. The van der Waals surface area contributed by atoms with Crippen molar-refractivity contribution in [3.63, 3.8) is 0 Å². The van der Waals surface area contributed by atoms with E-state index in [9.17, 15) is 19.0 Å². The van der Waals surface area contributed by atoms with Gasteiger partial charge in [-0.25, -0.2) is 0 Å². The molecule has 3 atom stereocenters. The molecule has 404 valence electrons. The summed E-state index contributed by atoms with van der Waals surface area (Å²) in [6.07, 6.45) is 59.2. The second-order valence-electron chi connectivity index (χ2n) is 20.8. The van der Waals surface area contributed by atoms with Crippen LogP contribution in [0.2, 0.25) is 0 Å². The van der Waals surface area contributed by atoms with E-state index in [1.54, 1.807) is 0 Å². The van der Waals surface area contributed by atoms with Crippen molar-refractivity contribution in [2.75, 3.05) is 40.9 Å². The number of allylic oxidation sites excluding steroid dienone is 7. The highest BCUT2D eigenvalue weighted by atomic mass is 31.2. The molecule has 0 aromatic rings. The Morgan fingerprint density at radius 3 is 1.35 bits per heavy atom. The van der Waals surface area contributed by atoms with Crippen molar-refractivity contribution < 1.29 is 37.3 Å². The zero-order valence-electron chi connectivity index (χ0n) is 46.0. The quantitative estimate of drug-likeness (QED) is 0.0212. The summed E-state index contributed by atoms with van der Waals surface area (Å²) >= 11 is 0. The lowest BCUT2D eigenvalue weighted by molar-refractivity contribution is -0.870. The van der Waals surface area contributed by atoms with Crippen molar-refractivity contribution in [3.05, 3.63) is 48.6 Å². The lowest BCUT2D eigenvalue weighted by Crippen LogP contribution is -2.47. The number of esters is 1. The van der Waals surface area contributed by atoms with Gasteiger partial charge in [-0.3, -0.25) is 14.2 Å². The molecule has 0 rings (SSSR count). The second-order valence-corrected chi connectivity index (χ2v) is 22.2. The van der Waals surface area contributed by atoms with Gasteiger partial charge in [-0.05, 0) is 70.3 Å². The summed E-state index contributed by atoms with van der Waals surface area (Å²) in [4.78, 5) is 39.8. The van der Waals surface area contributed by atoms with Gasteiger partial charge in [0.2, 0.25) is 5.91 Å². The van der Waals surface area contributed by atoms with Crippen LogP contribution in [-0.2, 0) is 27.9 Å². The molecule has 0 saturated heterocycles. The first-order valence-corrected chi connectivity index (χ1v) is 30.4. The maximum absolute atomic E-state index is 13.5. The van der Waals surface area contributed by atoms with Gasteiger partial charge < -0.3 is 28.5 Å². The smallest absolute Gasteiger partial charge is 0.306 e. The van der Waals surface area contributed by atoms with Crippen LogP contribution in [0.3, 0.4) is 0 Å². The number of phosphoric ester groups is 1. The number of quaternary nitrogens is 1. The minimum absolute atomic E-state index is 0.0238. The summed E-state index contributed by atoms with van der Waals surface area (Å²) in [5, 5.41) is 3.02. The summed E-state index contributed by atoms with van der Waals surface area (Å²) in [5.74, 6) is -0.550. The first-order valence-electron chi connectivity index (χ1n) is 28.9. The van der Waals surface area contributed by atoms with Gasteiger partial charge in [0.15, 0.2) is 0 Å². The number of phosphoric acid groups is 1. The Morgan fingerprint density at radius 1 is 0.507 bits per heavy atom.